The molecule has 1 heterocycles. The van der Waals surface area contributed by atoms with Crippen LogP contribution in [0, 0.1) is 0 Å². The molecule has 0 radical (unpaired) electrons. The molecule has 2 aromatic rings. The lowest BCUT2D eigenvalue weighted by Gasteiger charge is -2.09. The minimum Gasteiger partial charge on any atom is -0.494 e. The maximum Gasteiger partial charge on any atom is 0.243 e. The summed E-state index contributed by atoms with van der Waals surface area (Å²) in [4.78, 5) is 16.4. The molecule has 1 aromatic heterocycles. The molecule has 0 unspecified atom stereocenters. The molecule has 124 valence electrons. The van der Waals surface area contributed by atoms with Gasteiger partial charge in [-0.3, -0.25) is 4.79 Å². The maximum atomic E-state index is 12.0. The molecule has 1 aromatic carbocycles. The smallest absolute Gasteiger partial charge is 0.243 e. The van der Waals surface area contributed by atoms with Crippen molar-refractivity contribution in [3.8, 4) is 17.0 Å². The normalized spacial score (nSPS) is 12.0. The van der Waals surface area contributed by atoms with Gasteiger partial charge in [-0.25, -0.2) is 4.98 Å². The van der Waals surface area contributed by atoms with Crippen LogP contribution < -0.4 is 15.8 Å². The summed E-state index contributed by atoms with van der Waals surface area (Å²) >= 11 is 3.07. The average molecular weight is 351 g/mol. The third-order valence-electron chi connectivity index (χ3n) is 3.17. The summed E-state index contributed by atoms with van der Waals surface area (Å²) in [5.41, 5.74) is 7.66. The van der Waals surface area contributed by atoms with Gasteiger partial charge in [-0.2, -0.15) is 11.8 Å². The van der Waals surface area contributed by atoms with Gasteiger partial charge >= 0.3 is 0 Å². The predicted octanol–water partition coefficient (Wildman–Crippen LogP) is 3.23. The van der Waals surface area contributed by atoms with Crippen LogP contribution in [0.2, 0.25) is 0 Å². The SMILES string of the molecule is CCOc1ccc(-c2csc(NC(=O)[C@@H](N)CCSC)n2)cc1. The molecule has 2 rings (SSSR count). The Morgan fingerprint density at radius 3 is 2.83 bits per heavy atom. The second-order valence-corrected chi connectivity index (χ2v) is 6.72. The van der Waals surface area contributed by atoms with Crippen molar-refractivity contribution in [2.45, 2.75) is 19.4 Å². The van der Waals surface area contributed by atoms with Gasteiger partial charge in [0.05, 0.1) is 18.3 Å². The lowest BCUT2D eigenvalue weighted by Crippen LogP contribution is -2.36. The lowest BCUT2D eigenvalue weighted by molar-refractivity contribution is -0.117. The van der Waals surface area contributed by atoms with Crippen LogP contribution in [0.5, 0.6) is 5.75 Å². The van der Waals surface area contributed by atoms with E-state index in [-0.39, 0.29) is 5.91 Å². The first-order chi connectivity index (χ1) is 11.1. The van der Waals surface area contributed by atoms with Crippen molar-refractivity contribution in [3.05, 3.63) is 29.6 Å². The summed E-state index contributed by atoms with van der Waals surface area (Å²) in [6, 6.07) is 7.23. The number of benzene rings is 1. The van der Waals surface area contributed by atoms with E-state index < -0.39 is 6.04 Å². The number of ether oxygens (including phenoxy) is 1. The Morgan fingerprint density at radius 2 is 2.17 bits per heavy atom. The van der Waals surface area contributed by atoms with E-state index in [9.17, 15) is 4.79 Å². The monoisotopic (exact) mass is 351 g/mol. The molecular weight excluding hydrogens is 330 g/mol. The van der Waals surface area contributed by atoms with E-state index in [1.165, 1.54) is 11.3 Å². The summed E-state index contributed by atoms with van der Waals surface area (Å²) in [6.07, 6.45) is 2.65. The van der Waals surface area contributed by atoms with Crippen LogP contribution in [-0.2, 0) is 4.79 Å². The van der Waals surface area contributed by atoms with Crippen molar-refractivity contribution < 1.29 is 9.53 Å². The Bertz CT molecular complexity index is 629. The molecule has 0 spiro atoms. The number of nitrogens with two attached hydrogens (primary N) is 1. The highest BCUT2D eigenvalue weighted by atomic mass is 32.2. The van der Waals surface area contributed by atoms with Crippen LogP contribution in [0.4, 0.5) is 5.13 Å². The van der Waals surface area contributed by atoms with E-state index in [2.05, 4.69) is 10.3 Å². The number of nitrogens with one attached hydrogen (secondary N) is 1. The number of amides is 1. The zero-order valence-corrected chi connectivity index (χ0v) is 14.9. The number of carbonyl (C=O) groups is 1. The topological polar surface area (TPSA) is 77.2 Å². The van der Waals surface area contributed by atoms with E-state index in [1.807, 2.05) is 42.8 Å². The molecule has 1 amide bonds. The van der Waals surface area contributed by atoms with Gasteiger partial charge in [0.15, 0.2) is 5.13 Å². The van der Waals surface area contributed by atoms with Crippen molar-refractivity contribution in [2.24, 2.45) is 5.73 Å². The Morgan fingerprint density at radius 1 is 1.43 bits per heavy atom. The molecule has 0 saturated heterocycles. The summed E-state index contributed by atoms with van der Waals surface area (Å²) in [6.45, 7) is 2.59. The van der Waals surface area contributed by atoms with Crippen molar-refractivity contribution in [3.63, 3.8) is 0 Å². The Labute approximate surface area is 144 Å². The van der Waals surface area contributed by atoms with Crippen LogP contribution in [0.25, 0.3) is 11.3 Å². The predicted molar refractivity (Wildman–Crippen MR) is 98.3 cm³/mol. The number of carbonyl (C=O) groups excluding carboxylic acids is 1. The number of thiazole rings is 1. The van der Waals surface area contributed by atoms with Gasteiger partial charge in [-0.1, -0.05) is 0 Å². The maximum absolute atomic E-state index is 12.0. The zero-order chi connectivity index (χ0) is 16.7. The zero-order valence-electron chi connectivity index (χ0n) is 13.2. The van der Waals surface area contributed by atoms with Crippen molar-refractivity contribution in [2.75, 3.05) is 23.9 Å². The molecule has 0 aliphatic carbocycles. The number of thioether (sulfide) groups is 1. The molecule has 0 saturated carbocycles. The Kier molecular flexibility index (Phi) is 6.88. The Hall–Kier alpha value is -1.57. The van der Waals surface area contributed by atoms with E-state index in [1.54, 1.807) is 11.8 Å². The van der Waals surface area contributed by atoms with E-state index in [0.29, 0.717) is 18.2 Å². The first-order valence-corrected chi connectivity index (χ1v) is 9.65. The van der Waals surface area contributed by atoms with Gasteiger partial charge in [0.1, 0.15) is 5.75 Å². The minimum atomic E-state index is -0.500. The highest BCUT2D eigenvalue weighted by Gasteiger charge is 2.15. The molecule has 0 bridgehead atoms. The van der Waals surface area contributed by atoms with E-state index in [4.69, 9.17) is 10.5 Å². The van der Waals surface area contributed by atoms with Crippen molar-refractivity contribution >= 4 is 34.1 Å². The average Bonchev–Trinajstić information content (AvgIpc) is 3.02. The van der Waals surface area contributed by atoms with E-state index >= 15 is 0 Å². The number of hydrogen-bond acceptors (Lipinski definition) is 6. The van der Waals surface area contributed by atoms with Crippen LogP contribution in [-0.4, -0.2) is 35.5 Å². The molecule has 0 fully saturated rings. The third-order valence-corrected chi connectivity index (χ3v) is 4.57. The fourth-order valence-electron chi connectivity index (χ4n) is 1.93. The largest absolute Gasteiger partial charge is 0.494 e. The first-order valence-electron chi connectivity index (χ1n) is 7.38. The van der Waals surface area contributed by atoms with Gasteiger partial charge in [-0.15, -0.1) is 11.3 Å². The van der Waals surface area contributed by atoms with Gasteiger partial charge in [0.25, 0.3) is 0 Å². The standard InChI is InChI=1S/C16H21N3O2S2/c1-3-21-12-6-4-11(5-7-12)14-10-23-16(18-14)19-15(20)13(17)8-9-22-2/h4-7,10,13H,3,8-9,17H2,1-2H3,(H,18,19,20)/t13-/m0/s1. The highest BCUT2D eigenvalue weighted by molar-refractivity contribution is 7.98. The second-order valence-electron chi connectivity index (χ2n) is 4.87. The van der Waals surface area contributed by atoms with Crippen LogP contribution >= 0.6 is 23.1 Å². The third kappa shape index (κ3) is 5.23. The molecular formula is C16H21N3O2S2. The number of hydrogen-bond donors (Lipinski definition) is 2. The molecule has 7 heteroatoms. The fraction of sp³-hybridized carbons (Fsp3) is 0.375. The minimum absolute atomic E-state index is 0.188. The van der Waals surface area contributed by atoms with Gasteiger partial charge in [-0.05, 0) is 49.6 Å². The molecule has 0 aliphatic rings. The summed E-state index contributed by atoms with van der Waals surface area (Å²) in [5, 5.41) is 5.27. The number of anilines is 1. The first kappa shape index (κ1) is 17.8. The van der Waals surface area contributed by atoms with Gasteiger partial charge < -0.3 is 15.8 Å². The highest BCUT2D eigenvalue weighted by Crippen LogP contribution is 2.26. The van der Waals surface area contributed by atoms with Crippen molar-refractivity contribution in [1.29, 1.82) is 0 Å². The molecule has 5 nitrogen and oxygen atoms in total. The second kappa shape index (κ2) is 8.90. The molecule has 23 heavy (non-hydrogen) atoms. The fourth-order valence-corrected chi connectivity index (χ4v) is 3.14. The molecule has 1 atom stereocenters. The number of aromatic nitrogens is 1. The lowest BCUT2D eigenvalue weighted by atomic mass is 10.2. The van der Waals surface area contributed by atoms with Crippen molar-refractivity contribution in [1.82, 2.24) is 4.98 Å². The van der Waals surface area contributed by atoms with Crippen LogP contribution in [0.3, 0.4) is 0 Å². The Balaban J connectivity index is 1.98. The van der Waals surface area contributed by atoms with Crippen LogP contribution in [0.1, 0.15) is 13.3 Å². The summed E-state index contributed by atoms with van der Waals surface area (Å²) < 4.78 is 5.42. The van der Waals surface area contributed by atoms with Crippen LogP contribution in [0.15, 0.2) is 29.6 Å². The number of nitrogens with zero attached hydrogens (tertiary/aromatic N) is 1. The summed E-state index contributed by atoms with van der Waals surface area (Å²) in [7, 11) is 0. The summed E-state index contributed by atoms with van der Waals surface area (Å²) in [5.74, 6) is 1.51. The van der Waals surface area contributed by atoms with Gasteiger partial charge in [0, 0.05) is 10.9 Å². The van der Waals surface area contributed by atoms with E-state index in [0.717, 1.165) is 22.8 Å². The quantitative estimate of drug-likeness (QED) is 0.763. The molecule has 3 N–H and O–H groups in total. The van der Waals surface area contributed by atoms with Gasteiger partial charge in [0.2, 0.25) is 5.91 Å². The molecule has 0 aliphatic heterocycles. The number of rotatable bonds is 8.